The molecule has 0 bridgehead atoms. The van der Waals surface area contributed by atoms with Gasteiger partial charge in [0.15, 0.2) is 0 Å². The van der Waals surface area contributed by atoms with E-state index in [1.807, 2.05) is 0 Å². The molecule has 0 fully saturated rings. The maximum absolute atomic E-state index is 13.1. The van der Waals surface area contributed by atoms with E-state index in [4.69, 9.17) is 0 Å². The number of carbonyl (C=O) groups is 2. The van der Waals surface area contributed by atoms with Crippen molar-refractivity contribution in [1.82, 2.24) is 15.5 Å². The Kier molecular flexibility index (Phi) is 3.83. The number of benzene rings is 1. The predicted molar refractivity (Wildman–Crippen MR) is 79.3 cm³/mol. The van der Waals surface area contributed by atoms with Gasteiger partial charge in [0.05, 0.1) is 23.9 Å². The van der Waals surface area contributed by atoms with Gasteiger partial charge in [0.1, 0.15) is 5.82 Å². The number of rotatable bonds is 4. The average molecular weight is 303 g/mol. The van der Waals surface area contributed by atoms with Gasteiger partial charge < -0.3 is 15.5 Å². The SMILES string of the molecule is CCCCN1CC2=C(C1=O)[C@@H](c1ccc(F)cc1)NC(=O)N2. The molecule has 1 atom stereocenters. The number of hydrogen-bond acceptors (Lipinski definition) is 2. The largest absolute Gasteiger partial charge is 0.333 e. The average Bonchev–Trinajstić information content (AvgIpc) is 2.81. The van der Waals surface area contributed by atoms with Gasteiger partial charge in [-0.05, 0) is 24.1 Å². The molecule has 0 spiro atoms. The van der Waals surface area contributed by atoms with Gasteiger partial charge in [-0.3, -0.25) is 4.79 Å². The molecule has 2 N–H and O–H groups in total. The highest BCUT2D eigenvalue weighted by Gasteiger charge is 2.39. The van der Waals surface area contributed by atoms with Crippen molar-refractivity contribution in [2.24, 2.45) is 0 Å². The van der Waals surface area contributed by atoms with Crippen LogP contribution in [0.25, 0.3) is 0 Å². The van der Waals surface area contributed by atoms with E-state index < -0.39 is 6.04 Å². The molecule has 0 saturated heterocycles. The molecule has 1 aromatic carbocycles. The van der Waals surface area contributed by atoms with Crippen LogP contribution >= 0.6 is 0 Å². The highest BCUT2D eigenvalue weighted by molar-refractivity contribution is 6.01. The van der Waals surface area contributed by atoms with E-state index >= 15 is 0 Å². The van der Waals surface area contributed by atoms with E-state index in [9.17, 15) is 14.0 Å². The number of carbonyl (C=O) groups excluding carboxylic acids is 2. The highest BCUT2D eigenvalue weighted by Crippen LogP contribution is 2.32. The summed E-state index contributed by atoms with van der Waals surface area (Å²) in [5.74, 6) is -0.411. The van der Waals surface area contributed by atoms with Crippen molar-refractivity contribution in [2.45, 2.75) is 25.8 Å². The van der Waals surface area contributed by atoms with E-state index in [-0.39, 0.29) is 17.8 Å². The maximum atomic E-state index is 13.1. The van der Waals surface area contributed by atoms with Crippen molar-refractivity contribution in [2.75, 3.05) is 13.1 Å². The Balaban J connectivity index is 1.90. The third-order valence-electron chi connectivity index (χ3n) is 4.01. The zero-order chi connectivity index (χ0) is 15.7. The van der Waals surface area contributed by atoms with Crippen molar-refractivity contribution >= 4 is 11.9 Å². The van der Waals surface area contributed by atoms with Gasteiger partial charge >= 0.3 is 6.03 Å². The first-order chi connectivity index (χ1) is 10.6. The lowest BCUT2D eigenvalue weighted by Crippen LogP contribution is -2.44. The minimum absolute atomic E-state index is 0.0646. The van der Waals surface area contributed by atoms with E-state index in [2.05, 4.69) is 17.6 Å². The van der Waals surface area contributed by atoms with Crippen molar-refractivity contribution < 1.29 is 14.0 Å². The Morgan fingerprint density at radius 3 is 2.68 bits per heavy atom. The summed E-state index contributed by atoms with van der Waals surface area (Å²) < 4.78 is 13.1. The van der Waals surface area contributed by atoms with E-state index in [0.29, 0.717) is 29.9 Å². The van der Waals surface area contributed by atoms with Crippen LogP contribution in [0.15, 0.2) is 35.5 Å². The number of halogens is 1. The Morgan fingerprint density at radius 2 is 2.00 bits per heavy atom. The van der Waals surface area contributed by atoms with E-state index in [0.717, 1.165) is 12.8 Å². The summed E-state index contributed by atoms with van der Waals surface area (Å²) in [6.07, 6.45) is 1.93. The van der Waals surface area contributed by atoms with Crippen LogP contribution in [0.1, 0.15) is 31.4 Å². The third kappa shape index (κ3) is 2.56. The molecule has 3 amide bonds. The number of urea groups is 1. The van der Waals surface area contributed by atoms with Crippen molar-refractivity contribution in [3.05, 3.63) is 46.9 Å². The van der Waals surface area contributed by atoms with Crippen LogP contribution in [0.4, 0.5) is 9.18 Å². The van der Waals surface area contributed by atoms with Gasteiger partial charge in [0.2, 0.25) is 0 Å². The molecular formula is C16H18FN3O2. The summed E-state index contributed by atoms with van der Waals surface area (Å²) in [6.45, 7) is 3.17. The highest BCUT2D eigenvalue weighted by atomic mass is 19.1. The quantitative estimate of drug-likeness (QED) is 0.894. The maximum Gasteiger partial charge on any atom is 0.319 e. The van der Waals surface area contributed by atoms with Crippen LogP contribution in [0, 0.1) is 5.82 Å². The first kappa shape index (κ1) is 14.6. The Bertz CT molecular complexity index is 639. The summed E-state index contributed by atoms with van der Waals surface area (Å²) >= 11 is 0. The molecule has 0 unspecified atom stereocenters. The summed E-state index contributed by atoms with van der Waals surface area (Å²) in [5.41, 5.74) is 1.91. The molecule has 5 nitrogen and oxygen atoms in total. The second-order valence-electron chi connectivity index (χ2n) is 5.56. The van der Waals surface area contributed by atoms with Crippen LogP contribution < -0.4 is 10.6 Å². The lowest BCUT2D eigenvalue weighted by atomic mass is 9.96. The fraction of sp³-hybridized carbons (Fsp3) is 0.375. The summed E-state index contributed by atoms with van der Waals surface area (Å²) in [7, 11) is 0. The fourth-order valence-electron chi connectivity index (χ4n) is 2.86. The first-order valence-corrected chi connectivity index (χ1v) is 7.45. The second-order valence-corrected chi connectivity index (χ2v) is 5.56. The number of hydrogen-bond donors (Lipinski definition) is 2. The van der Waals surface area contributed by atoms with Crippen LogP contribution in [0.3, 0.4) is 0 Å². The monoisotopic (exact) mass is 303 g/mol. The van der Waals surface area contributed by atoms with E-state index in [1.54, 1.807) is 17.0 Å². The van der Waals surface area contributed by atoms with Crippen LogP contribution in [0.2, 0.25) is 0 Å². The van der Waals surface area contributed by atoms with Crippen molar-refractivity contribution in [3.8, 4) is 0 Å². The minimum Gasteiger partial charge on any atom is -0.333 e. The van der Waals surface area contributed by atoms with Gasteiger partial charge in [-0.1, -0.05) is 25.5 Å². The van der Waals surface area contributed by atoms with Crippen LogP contribution in [-0.4, -0.2) is 29.9 Å². The Morgan fingerprint density at radius 1 is 1.27 bits per heavy atom. The Hall–Kier alpha value is -2.37. The number of nitrogens with one attached hydrogen (secondary N) is 2. The van der Waals surface area contributed by atoms with Gasteiger partial charge in [0, 0.05) is 6.54 Å². The molecule has 6 heteroatoms. The minimum atomic E-state index is -0.525. The summed E-state index contributed by atoms with van der Waals surface area (Å²) in [6, 6.07) is 4.99. The molecule has 2 aliphatic rings. The molecule has 2 aliphatic heterocycles. The van der Waals surface area contributed by atoms with Crippen molar-refractivity contribution in [3.63, 3.8) is 0 Å². The summed E-state index contributed by atoms with van der Waals surface area (Å²) in [4.78, 5) is 26.2. The van der Waals surface area contributed by atoms with Crippen LogP contribution in [-0.2, 0) is 4.79 Å². The topological polar surface area (TPSA) is 61.4 Å². The van der Waals surface area contributed by atoms with Crippen LogP contribution in [0.5, 0.6) is 0 Å². The number of amides is 3. The van der Waals surface area contributed by atoms with E-state index in [1.165, 1.54) is 12.1 Å². The molecule has 2 heterocycles. The zero-order valence-corrected chi connectivity index (χ0v) is 12.4. The molecular weight excluding hydrogens is 285 g/mol. The lowest BCUT2D eigenvalue weighted by molar-refractivity contribution is -0.125. The second kappa shape index (κ2) is 5.79. The molecule has 0 aliphatic carbocycles. The van der Waals surface area contributed by atoms with Crippen molar-refractivity contribution in [1.29, 1.82) is 0 Å². The molecule has 0 saturated carbocycles. The first-order valence-electron chi connectivity index (χ1n) is 7.45. The molecule has 1 aromatic rings. The zero-order valence-electron chi connectivity index (χ0n) is 12.4. The fourth-order valence-corrected chi connectivity index (χ4v) is 2.86. The number of nitrogens with zero attached hydrogens (tertiary/aromatic N) is 1. The molecule has 0 aromatic heterocycles. The predicted octanol–water partition coefficient (Wildman–Crippen LogP) is 2.08. The summed E-state index contributed by atoms with van der Waals surface area (Å²) in [5, 5.41) is 5.47. The lowest BCUT2D eigenvalue weighted by Gasteiger charge is -2.25. The standard InChI is InChI=1S/C16H18FN3O2/c1-2-3-8-20-9-12-13(15(20)21)14(19-16(22)18-12)10-4-6-11(17)7-5-10/h4-7,14H,2-3,8-9H2,1H3,(H2,18,19,22)/t14-/m1/s1. The molecule has 3 rings (SSSR count). The van der Waals surface area contributed by atoms with Gasteiger partial charge in [-0.15, -0.1) is 0 Å². The van der Waals surface area contributed by atoms with Gasteiger partial charge in [-0.2, -0.15) is 0 Å². The van der Waals surface area contributed by atoms with Gasteiger partial charge in [-0.25, -0.2) is 9.18 Å². The van der Waals surface area contributed by atoms with Gasteiger partial charge in [0.25, 0.3) is 5.91 Å². The molecule has 116 valence electrons. The smallest absolute Gasteiger partial charge is 0.319 e. The number of unbranched alkanes of at least 4 members (excludes halogenated alkanes) is 1. The molecule has 0 radical (unpaired) electrons. The third-order valence-corrected chi connectivity index (χ3v) is 4.01. The molecule has 22 heavy (non-hydrogen) atoms. The normalized spacial score (nSPS) is 20.8. The Labute approximate surface area is 128 Å².